The van der Waals surface area contributed by atoms with Crippen LogP contribution in [0.25, 0.3) is 0 Å². The van der Waals surface area contributed by atoms with Crippen molar-refractivity contribution in [3.05, 3.63) is 62.3 Å². The van der Waals surface area contributed by atoms with Gasteiger partial charge in [0.25, 0.3) is 5.69 Å². The van der Waals surface area contributed by atoms with E-state index in [-0.39, 0.29) is 23.4 Å². The van der Waals surface area contributed by atoms with Crippen molar-refractivity contribution in [2.75, 3.05) is 6.61 Å². The number of rotatable bonds is 6. The fourth-order valence-corrected chi connectivity index (χ4v) is 3.43. The number of aryl methyl sites for hydroxylation is 1. The SMILES string of the molecule is CCOC(=O)c1cc(C#N)c(SCc2cccc([N+](=O)[O-])c2C)nc1C. The first-order valence-corrected chi connectivity index (χ1v) is 8.82. The highest BCUT2D eigenvalue weighted by Gasteiger charge is 2.18. The van der Waals surface area contributed by atoms with E-state index in [1.54, 1.807) is 32.9 Å². The van der Waals surface area contributed by atoms with Crippen LogP contribution in [0.5, 0.6) is 0 Å². The molecular formula is C18H17N3O4S. The van der Waals surface area contributed by atoms with Gasteiger partial charge in [-0.15, -0.1) is 11.8 Å². The number of esters is 1. The van der Waals surface area contributed by atoms with Gasteiger partial charge in [0, 0.05) is 17.4 Å². The Morgan fingerprint density at radius 1 is 1.42 bits per heavy atom. The molecular weight excluding hydrogens is 354 g/mol. The molecule has 134 valence electrons. The average Bonchev–Trinajstić information content (AvgIpc) is 2.60. The number of hydrogen-bond donors (Lipinski definition) is 0. The van der Waals surface area contributed by atoms with E-state index in [0.29, 0.717) is 22.0 Å². The molecule has 0 aliphatic heterocycles. The number of benzene rings is 1. The van der Waals surface area contributed by atoms with E-state index in [0.717, 1.165) is 5.56 Å². The second kappa shape index (κ2) is 8.45. The number of nitro groups is 1. The first-order chi connectivity index (χ1) is 12.4. The molecule has 0 saturated carbocycles. The van der Waals surface area contributed by atoms with Gasteiger partial charge in [-0.2, -0.15) is 5.26 Å². The van der Waals surface area contributed by atoms with Gasteiger partial charge < -0.3 is 4.74 Å². The van der Waals surface area contributed by atoms with E-state index >= 15 is 0 Å². The topological polar surface area (TPSA) is 106 Å². The lowest BCUT2D eigenvalue weighted by molar-refractivity contribution is -0.385. The Bertz CT molecular complexity index is 906. The Labute approximate surface area is 155 Å². The van der Waals surface area contributed by atoms with Gasteiger partial charge in [-0.1, -0.05) is 12.1 Å². The summed E-state index contributed by atoms with van der Waals surface area (Å²) in [6.45, 7) is 5.32. The number of pyridine rings is 1. The van der Waals surface area contributed by atoms with Crippen molar-refractivity contribution in [2.45, 2.75) is 31.6 Å². The van der Waals surface area contributed by atoms with Crippen molar-refractivity contribution in [1.82, 2.24) is 4.98 Å². The van der Waals surface area contributed by atoms with E-state index in [4.69, 9.17) is 4.74 Å². The van der Waals surface area contributed by atoms with Gasteiger partial charge >= 0.3 is 5.97 Å². The van der Waals surface area contributed by atoms with Crippen LogP contribution in [-0.2, 0) is 10.5 Å². The van der Waals surface area contributed by atoms with Gasteiger partial charge in [0.05, 0.1) is 28.4 Å². The third-order valence-electron chi connectivity index (χ3n) is 3.77. The van der Waals surface area contributed by atoms with Crippen molar-refractivity contribution < 1.29 is 14.5 Å². The molecule has 0 N–H and O–H groups in total. The Hall–Kier alpha value is -2.92. The predicted octanol–water partition coefficient (Wildman–Crippen LogP) is 3.95. The summed E-state index contributed by atoms with van der Waals surface area (Å²) in [5.74, 6) is -0.0898. The summed E-state index contributed by atoms with van der Waals surface area (Å²) >= 11 is 1.30. The number of thioether (sulfide) groups is 1. The van der Waals surface area contributed by atoms with E-state index in [1.807, 2.05) is 6.07 Å². The van der Waals surface area contributed by atoms with Crippen molar-refractivity contribution in [1.29, 1.82) is 5.26 Å². The van der Waals surface area contributed by atoms with E-state index in [2.05, 4.69) is 4.98 Å². The molecule has 2 rings (SSSR count). The molecule has 0 amide bonds. The largest absolute Gasteiger partial charge is 0.462 e. The minimum absolute atomic E-state index is 0.0606. The van der Waals surface area contributed by atoms with Crippen LogP contribution >= 0.6 is 11.8 Å². The average molecular weight is 371 g/mol. The zero-order chi connectivity index (χ0) is 19.3. The number of ether oxygens (including phenoxy) is 1. The molecule has 1 heterocycles. The highest BCUT2D eigenvalue weighted by Crippen LogP contribution is 2.30. The maximum absolute atomic E-state index is 11.9. The third kappa shape index (κ3) is 4.18. The summed E-state index contributed by atoms with van der Waals surface area (Å²) in [5, 5.41) is 20.9. The minimum Gasteiger partial charge on any atom is -0.462 e. The molecule has 1 aromatic heterocycles. The fraction of sp³-hybridized carbons (Fsp3) is 0.278. The number of carbonyl (C=O) groups excluding carboxylic acids is 1. The Morgan fingerprint density at radius 3 is 2.77 bits per heavy atom. The van der Waals surface area contributed by atoms with Crippen molar-refractivity contribution >= 4 is 23.4 Å². The highest BCUT2D eigenvalue weighted by molar-refractivity contribution is 7.98. The summed E-state index contributed by atoms with van der Waals surface area (Å²) in [5.41, 5.74) is 2.45. The second-order valence-corrected chi connectivity index (χ2v) is 6.38. The Balaban J connectivity index is 2.30. The molecule has 0 unspecified atom stereocenters. The molecule has 0 atom stereocenters. The maximum Gasteiger partial charge on any atom is 0.340 e. The van der Waals surface area contributed by atoms with Crippen LogP contribution in [0.2, 0.25) is 0 Å². The standard InChI is InChI=1S/C18H17N3O4S/c1-4-25-18(22)15-8-14(9-19)17(20-12(15)3)26-10-13-6-5-7-16(11(13)2)21(23)24/h5-8H,4,10H2,1-3H3. The molecule has 2 aromatic rings. The van der Waals surface area contributed by atoms with Crippen molar-refractivity contribution in [3.63, 3.8) is 0 Å². The van der Waals surface area contributed by atoms with E-state index < -0.39 is 10.9 Å². The third-order valence-corrected chi connectivity index (χ3v) is 4.81. The summed E-state index contributed by atoms with van der Waals surface area (Å²) < 4.78 is 4.97. The van der Waals surface area contributed by atoms with E-state index in [1.165, 1.54) is 23.9 Å². The van der Waals surface area contributed by atoms with Crippen LogP contribution in [0, 0.1) is 35.3 Å². The van der Waals surface area contributed by atoms with Crippen LogP contribution < -0.4 is 0 Å². The van der Waals surface area contributed by atoms with Gasteiger partial charge in [-0.3, -0.25) is 10.1 Å². The van der Waals surface area contributed by atoms with Crippen LogP contribution in [0.15, 0.2) is 29.3 Å². The normalized spacial score (nSPS) is 10.2. The van der Waals surface area contributed by atoms with Gasteiger partial charge in [0.1, 0.15) is 11.1 Å². The Morgan fingerprint density at radius 2 is 2.15 bits per heavy atom. The number of carbonyl (C=O) groups is 1. The van der Waals surface area contributed by atoms with Crippen LogP contribution in [0.4, 0.5) is 5.69 Å². The molecule has 0 fully saturated rings. The summed E-state index contributed by atoms with van der Waals surface area (Å²) in [6, 6.07) is 8.42. The van der Waals surface area contributed by atoms with Gasteiger partial charge in [-0.05, 0) is 32.4 Å². The molecule has 0 bridgehead atoms. The van der Waals surface area contributed by atoms with Crippen LogP contribution in [0.1, 0.15) is 39.7 Å². The fourth-order valence-electron chi connectivity index (χ4n) is 2.36. The monoisotopic (exact) mass is 371 g/mol. The highest BCUT2D eigenvalue weighted by atomic mass is 32.2. The summed E-state index contributed by atoms with van der Waals surface area (Å²) in [7, 11) is 0. The molecule has 7 nitrogen and oxygen atoms in total. The number of aromatic nitrogens is 1. The molecule has 0 saturated heterocycles. The molecule has 8 heteroatoms. The van der Waals surface area contributed by atoms with Gasteiger partial charge in [-0.25, -0.2) is 9.78 Å². The van der Waals surface area contributed by atoms with Crippen molar-refractivity contribution in [2.24, 2.45) is 0 Å². The number of nitro benzene ring substituents is 1. The number of nitrogens with zero attached hydrogens (tertiary/aromatic N) is 3. The smallest absolute Gasteiger partial charge is 0.340 e. The predicted molar refractivity (Wildman–Crippen MR) is 97.0 cm³/mol. The van der Waals surface area contributed by atoms with Crippen molar-refractivity contribution in [3.8, 4) is 6.07 Å². The van der Waals surface area contributed by atoms with E-state index in [9.17, 15) is 20.2 Å². The Kier molecular flexibility index (Phi) is 6.31. The molecule has 0 aliphatic carbocycles. The van der Waals surface area contributed by atoms with Gasteiger partial charge in [0.2, 0.25) is 0 Å². The minimum atomic E-state index is -0.514. The van der Waals surface area contributed by atoms with Crippen LogP contribution in [-0.4, -0.2) is 22.5 Å². The molecule has 0 spiro atoms. The first-order valence-electron chi connectivity index (χ1n) is 7.83. The number of hydrogen-bond acceptors (Lipinski definition) is 7. The molecule has 0 radical (unpaired) electrons. The van der Waals surface area contributed by atoms with Crippen LogP contribution in [0.3, 0.4) is 0 Å². The lowest BCUT2D eigenvalue weighted by Crippen LogP contribution is -2.09. The van der Waals surface area contributed by atoms with Gasteiger partial charge in [0.15, 0.2) is 0 Å². The zero-order valence-corrected chi connectivity index (χ0v) is 15.4. The molecule has 1 aromatic carbocycles. The lowest BCUT2D eigenvalue weighted by atomic mass is 10.1. The lowest BCUT2D eigenvalue weighted by Gasteiger charge is -2.10. The summed E-state index contributed by atoms with van der Waals surface area (Å²) in [6.07, 6.45) is 0. The second-order valence-electron chi connectivity index (χ2n) is 5.41. The molecule has 0 aliphatic rings. The quantitative estimate of drug-likeness (QED) is 0.327. The summed E-state index contributed by atoms with van der Waals surface area (Å²) in [4.78, 5) is 26.9. The maximum atomic E-state index is 11.9. The molecule has 26 heavy (non-hydrogen) atoms. The first kappa shape index (κ1) is 19.4. The zero-order valence-electron chi connectivity index (χ0n) is 14.6. The number of nitriles is 1.